The number of hydrogen-bond donors (Lipinski definition) is 3. The Balaban J connectivity index is 0.000000174. The van der Waals surface area contributed by atoms with Crippen LogP contribution in [0.25, 0.3) is 0 Å². The smallest absolute Gasteiger partial charge is 0.317 e. The number of carbonyl (C=O) groups excluding carboxylic acids is 3. The van der Waals surface area contributed by atoms with Crippen LogP contribution in [0.1, 0.15) is 70.4 Å². The molecular weight excluding hydrogens is 781 g/mol. The zero-order valence-electron chi connectivity index (χ0n) is 34.4. The summed E-state index contributed by atoms with van der Waals surface area (Å²) in [6.45, 7) is 3.55. The number of anilines is 2. The van der Waals surface area contributed by atoms with Gasteiger partial charge in [0, 0.05) is 81.2 Å². The Morgan fingerprint density at radius 3 is 1.65 bits per heavy atom. The molecule has 320 valence electrons. The summed E-state index contributed by atoms with van der Waals surface area (Å²) in [6, 6.07) is 17.7. The van der Waals surface area contributed by atoms with Crippen molar-refractivity contribution < 1.29 is 41.4 Å². The molecule has 15 heteroatoms. The Morgan fingerprint density at radius 2 is 1.17 bits per heavy atom. The van der Waals surface area contributed by atoms with E-state index in [2.05, 4.69) is 20.4 Å². The van der Waals surface area contributed by atoms with Crippen LogP contribution in [-0.4, -0.2) is 88.1 Å². The fourth-order valence-electron chi connectivity index (χ4n) is 8.56. The number of benzene rings is 4. The molecule has 2 amide bonds. The van der Waals surface area contributed by atoms with E-state index < -0.39 is 11.6 Å². The largest absolute Gasteiger partial charge is 0.494 e. The van der Waals surface area contributed by atoms with E-state index in [0.717, 1.165) is 48.4 Å². The number of likely N-dealkylation sites (tertiary alicyclic amines) is 1. The van der Waals surface area contributed by atoms with Crippen LogP contribution in [0.3, 0.4) is 0 Å². The number of carbonyl (C=O) groups is 3. The minimum atomic E-state index is -0.450. The van der Waals surface area contributed by atoms with Gasteiger partial charge in [-0.2, -0.15) is 0 Å². The zero-order chi connectivity index (χ0) is 43.2. The number of halogens is 4. The van der Waals surface area contributed by atoms with Gasteiger partial charge in [0.2, 0.25) is 0 Å². The van der Waals surface area contributed by atoms with Crippen LogP contribution in [0, 0.1) is 23.3 Å². The standard InChI is InChI=1S/C23H25F2N3O3.C14H17FN2O.C8H10FNO/c1-27-19-6-4-16(24)12-17(19)20(29)13-23(27)7-9-28(10-8-23)22(30)26-14-15-3-5-18(25)21(11-15)31-2;1-17-12-3-2-10(15)8-11(12)13(18)9-14(17)4-6-16-7-5-14;1-11-8-4-6(5-10)2-3-7(8)9/h3-6,11-12H,7-10,13-14H2,1-2H3,(H,26,30);2-3,8,16H,4-7,9H2,1H3;2-4H,5,10H2,1H3. The third kappa shape index (κ3) is 9.37. The van der Waals surface area contributed by atoms with Crippen LogP contribution in [-0.2, 0) is 13.1 Å². The molecule has 0 aliphatic carbocycles. The highest BCUT2D eigenvalue weighted by Crippen LogP contribution is 2.43. The fourth-order valence-corrected chi connectivity index (χ4v) is 8.56. The lowest BCUT2D eigenvalue weighted by molar-refractivity contribution is 0.0887. The van der Waals surface area contributed by atoms with Crippen molar-refractivity contribution in [1.29, 1.82) is 0 Å². The minimum absolute atomic E-state index is 0.0595. The molecule has 0 unspecified atom stereocenters. The van der Waals surface area contributed by atoms with E-state index in [-0.39, 0.29) is 58.4 Å². The van der Waals surface area contributed by atoms with E-state index >= 15 is 0 Å². The van der Waals surface area contributed by atoms with Crippen molar-refractivity contribution >= 4 is 29.0 Å². The van der Waals surface area contributed by atoms with Crippen molar-refractivity contribution in [2.45, 2.75) is 62.7 Å². The second-order valence-corrected chi connectivity index (χ2v) is 15.6. The molecule has 0 atom stereocenters. The molecule has 2 saturated heterocycles. The summed E-state index contributed by atoms with van der Waals surface area (Å²) in [7, 11) is 6.78. The maximum atomic E-state index is 13.6. The lowest BCUT2D eigenvalue weighted by Crippen LogP contribution is -2.59. The summed E-state index contributed by atoms with van der Waals surface area (Å²) in [4.78, 5) is 43.5. The van der Waals surface area contributed by atoms with Gasteiger partial charge in [-0.1, -0.05) is 12.1 Å². The summed E-state index contributed by atoms with van der Waals surface area (Å²) < 4.78 is 62.8. The quantitative estimate of drug-likeness (QED) is 0.182. The van der Waals surface area contributed by atoms with Gasteiger partial charge in [0.25, 0.3) is 0 Å². The molecule has 0 bridgehead atoms. The number of ether oxygens (including phenoxy) is 2. The number of hydrogen-bond acceptors (Lipinski definition) is 9. The van der Waals surface area contributed by atoms with Crippen molar-refractivity contribution in [3.05, 3.63) is 118 Å². The molecule has 4 aliphatic rings. The molecule has 0 aromatic heterocycles. The van der Waals surface area contributed by atoms with Gasteiger partial charge in [-0.25, -0.2) is 22.4 Å². The molecule has 60 heavy (non-hydrogen) atoms. The van der Waals surface area contributed by atoms with Crippen LogP contribution in [0.15, 0.2) is 72.8 Å². The van der Waals surface area contributed by atoms with Crippen LogP contribution in [0.2, 0.25) is 0 Å². The van der Waals surface area contributed by atoms with Crippen LogP contribution in [0.5, 0.6) is 11.5 Å². The van der Waals surface area contributed by atoms with E-state index in [0.29, 0.717) is 56.4 Å². The molecule has 2 spiro atoms. The first-order chi connectivity index (χ1) is 28.7. The Kier molecular flexibility index (Phi) is 13.7. The summed E-state index contributed by atoms with van der Waals surface area (Å²) in [5, 5.41) is 6.19. The summed E-state index contributed by atoms with van der Waals surface area (Å²) in [6.07, 6.45) is 4.03. The molecule has 0 saturated carbocycles. The normalized spacial score (nSPS) is 17.4. The monoisotopic (exact) mass is 832 g/mol. The average molecular weight is 833 g/mol. The van der Waals surface area contributed by atoms with E-state index in [1.807, 2.05) is 14.1 Å². The predicted octanol–water partition coefficient (Wildman–Crippen LogP) is 7.00. The first-order valence-electron chi connectivity index (χ1n) is 19.9. The van der Waals surface area contributed by atoms with Gasteiger partial charge >= 0.3 is 6.03 Å². The van der Waals surface area contributed by atoms with E-state index in [1.54, 1.807) is 41.3 Å². The van der Waals surface area contributed by atoms with Gasteiger partial charge in [0.15, 0.2) is 34.7 Å². The number of methoxy groups -OCH3 is 2. The first kappa shape index (κ1) is 43.9. The van der Waals surface area contributed by atoms with Crippen LogP contribution in [0.4, 0.5) is 33.7 Å². The number of Topliss-reactive ketones (excluding diaryl/α,β-unsaturated/α-hetero) is 2. The fraction of sp³-hybridized carbons (Fsp3) is 0.400. The van der Waals surface area contributed by atoms with Crippen molar-refractivity contribution in [2.24, 2.45) is 5.73 Å². The Labute approximate surface area is 347 Å². The number of amides is 2. The number of nitrogens with two attached hydrogens (primary N) is 1. The molecule has 4 aromatic carbocycles. The first-order valence-corrected chi connectivity index (χ1v) is 19.9. The number of nitrogens with zero attached hydrogens (tertiary/aromatic N) is 3. The highest BCUT2D eigenvalue weighted by molar-refractivity contribution is 6.05. The third-order valence-electron chi connectivity index (χ3n) is 12.3. The van der Waals surface area contributed by atoms with E-state index in [4.69, 9.17) is 15.2 Å². The third-order valence-corrected chi connectivity index (χ3v) is 12.3. The molecule has 2 fully saturated rings. The molecular formula is C45H52F4N6O5. The van der Waals surface area contributed by atoms with Gasteiger partial charge in [-0.15, -0.1) is 0 Å². The Hall–Kier alpha value is -5.67. The molecule has 4 N–H and O–H groups in total. The summed E-state index contributed by atoms with van der Waals surface area (Å²) in [5.74, 6) is -1.16. The van der Waals surface area contributed by atoms with Gasteiger partial charge in [-0.3, -0.25) is 9.59 Å². The SMILES string of the molecule is CN1c2ccc(F)cc2C(=O)CC12CCNCC2.COc1cc(CN)ccc1F.COc1cc(CNC(=O)N2CCC3(CC2)CC(=O)c2cc(F)ccc2N3C)ccc1F. The maximum Gasteiger partial charge on any atom is 0.317 e. The highest BCUT2D eigenvalue weighted by atomic mass is 19.1. The summed E-state index contributed by atoms with van der Waals surface area (Å²) in [5.41, 5.74) is 9.05. The van der Waals surface area contributed by atoms with Gasteiger partial charge in [0.05, 0.1) is 19.8 Å². The molecule has 4 heterocycles. The summed E-state index contributed by atoms with van der Waals surface area (Å²) >= 11 is 0. The lowest BCUT2D eigenvalue weighted by atomic mass is 9.77. The number of ketones is 2. The van der Waals surface area contributed by atoms with Crippen molar-refractivity contribution in [3.63, 3.8) is 0 Å². The van der Waals surface area contributed by atoms with Gasteiger partial charge < -0.3 is 40.5 Å². The van der Waals surface area contributed by atoms with Crippen molar-refractivity contribution in [1.82, 2.24) is 15.5 Å². The van der Waals surface area contributed by atoms with Crippen molar-refractivity contribution in [3.8, 4) is 11.5 Å². The topological polar surface area (TPSA) is 129 Å². The average Bonchev–Trinajstić information content (AvgIpc) is 3.25. The van der Waals surface area contributed by atoms with Crippen LogP contribution < -0.4 is 35.6 Å². The molecule has 4 aliphatic heterocycles. The molecule has 11 nitrogen and oxygen atoms in total. The van der Waals surface area contributed by atoms with E-state index in [9.17, 15) is 31.9 Å². The number of fused-ring (bicyclic) bond motifs is 2. The van der Waals surface area contributed by atoms with Gasteiger partial charge in [0.1, 0.15) is 11.6 Å². The second-order valence-electron chi connectivity index (χ2n) is 15.6. The molecule has 4 aromatic rings. The van der Waals surface area contributed by atoms with Crippen LogP contribution >= 0.6 is 0 Å². The van der Waals surface area contributed by atoms with E-state index in [1.165, 1.54) is 50.6 Å². The Bertz CT molecular complexity index is 2210. The molecule has 0 radical (unpaired) electrons. The Morgan fingerprint density at radius 1 is 0.700 bits per heavy atom. The second kappa shape index (κ2) is 18.7. The maximum absolute atomic E-state index is 13.6. The predicted molar refractivity (Wildman–Crippen MR) is 222 cm³/mol. The highest BCUT2D eigenvalue weighted by Gasteiger charge is 2.46. The number of urea groups is 1. The lowest BCUT2D eigenvalue weighted by Gasteiger charge is -2.50. The number of nitrogens with one attached hydrogen (secondary N) is 2. The molecule has 8 rings (SSSR count). The van der Waals surface area contributed by atoms with Crippen molar-refractivity contribution in [2.75, 3.05) is 64.3 Å². The number of piperidine rings is 2. The zero-order valence-corrected chi connectivity index (χ0v) is 34.4. The minimum Gasteiger partial charge on any atom is -0.494 e. The number of rotatable bonds is 5. The van der Waals surface area contributed by atoms with Gasteiger partial charge in [-0.05, 0) is 111 Å².